The molecule has 1 fully saturated rings. The minimum absolute atomic E-state index is 0.0837. The van der Waals surface area contributed by atoms with Gasteiger partial charge < -0.3 is 15.2 Å². The Morgan fingerprint density at radius 1 is 1.48 bits per heavy atom. The van der Waals surface area contributed by atoms with Crippen molar-refractivity contribution in [2.24, 2.45) is 5.41 Å². The van der Waals surface area contributed by atoms with Crippen LogP contribution >= 0.6 is 11.5 Å². The number of rotatable bonds is 3. The average Bonchev–Trinajstić information content (AvgIpc) is 2.96. The normalized spacial score (nSPS) is 25.8. The van der Waals surface area contributed by atoms with Gasteiger partial charge >= 0.3 is 5.97 Å². The number of aromatic nitrogens is 2. The predicted molar refractivity (Wildman–Crippen MR) is 76.4 cm³/mol. The molecule has 1 aromatic heterocycles. The Balaban J connectivity index is 2.20. The van der Waals surface area contributed by atoms with Crippen LogP contribution in [0.5, 0.6) is 0 Å². The number of carbonyl (C=O) groups excluding carboxylic acids is 1. The minimum atomic E-state index is -1.12. The molecule has 2 unspecified atom stereocenters. The molecular formula is C13H19N3O4S. The number of carbonyl (C=O) groups is 2. The first-order valence-electron chi connectivity index (χ1n) is 6.61. The van der Waals surface area contributed by atoms with Crippen LogP contribution in [0, 0.1) is 5.41 Å². The van der Waals surface area contributed by atoms with Crippen LogP contribution in [-0.2, 0) is 14.9 Å². The zero-order valence-electron chi connectivity index (χ0n) is 12.5. The molecule has 7 nitrogen and oxygen atoms in total. The Hall–Kier alpha value is -1.54. The molecule has 1 aliphatic heterocycles. The topological polar surface area (TPSA) is 101 Å². The van der Waals surface area contributed by atoms with Gasteiger partial charge in [-0.3, -0.25) is 9.59 Å². The van der Waals surface area contributed by atoms with Gasteiger partial charge in [0.25, 0.3) is 5.91 Å². The van der Waals surface area contributed by atoms with E-state index in [2.05, 4.69) is 14.9 Å². The SMILES string of the molecule is CC(C)(C)c1nnsc1C(=O)NC1COCC1(C)C(=O)O. The molecule has 2 atom stereocenters. The van der Waals surface area contributed by atoms with E-state index in [9.17, 15) is 14.7 Å². The molecule has 1 amide bonds. The third kappa shape index (κ3) is 2.91. The minimum Gasteiger partial charge on any atom is -0.481 e. The van der Waals surface area contributed by atoms with Gasteiger partial charge in [-0.2, -0.15) is 0 Å². The fourth-order valence-corrected chi connectivity index (χ4v) is 2.92. The highest BCUT2D eigenvalue weighted by Gasteiger charge is 2.47. The monoisotopic (exact) mass is 313 g/mol. The maximum absolute atomic E-state index is 12.4. The van der Waals surface area contributed by atoms with E-state index in [4.69, 9.17) is 4.74 Å². The lowest BCUT2D eigenvalue weighted by Gasteiger charge is -2.25. The average molecular weight is 313 g/mol. The maximum atomic E-state index is 12.4. The molecule has 0 aromatic carbocycles. The third-order valence-electron chi connectivity index (χ3n) is 3.65. The first-order chi connectivity index (χ1) is 9.66. The summed E-state index contributed by atoms with van der Waals surface area (Å²) in [4.78, 5) is 24.2. The molecule has 21 heavy (non-hydrogen) atoms. The number of carboxylic acid groups (broad SMARTS) is 1. The van der Waals surface area contributed by atoms with Gasteiger partial charge in [0.15, 0.2) is 0 Å². The van der Waals surface area contributed by atoms with Gasteiger partial charge in [0.05, 0.1) is 24.9 Å². The Labute approximate surface area is 126 Å². The van der Waals surface area contributed by atoms with Crippen LogP contribution in [0.3, 0.4) is 0 Å². The fraction of sp³-hybridized carbons (Fsp3) is 0.692. The van der Waals surface area contributed by atoms with Gasteiger partial charge in [-0.05, 0) is 18.5 Å². The lowest BCUT2D eigenvalue weighted by molar-refractivity contribution is -0.148. The lowest BCUT2D eigenvalue weighted by atomic mass is 9.85. The summed E-state index contributed by atoms with van der Waals surface area (Å²) in [5, 5.41) is 16.1. The number of carboxylic acids is 1. The number of hydrogen-bond acceptors (Lipinski definition) is 6. The predicted octanol–water partition coefficient (Wildman–Crippen LogP) is 1.06. The van der Waals surface area contributed by atoms with Crippen molar-refractivity contribution in [3.63, 3.8) is 0 Å². The molecule has 0 aliphatic carbocycles. The van der Waals surface area contributed by atoms with Gasteiger partial charge in [-0.1, -0.05) is 25.3 Å². The van der Waals surface area contributed by atoms with Crippen molar-refractivity contribution in [1.82, 2.24) is 14.9 Å². The van der Waals surface area contributed by atoms with Gasteiger partial charge in [-0.25, -0.2) is 0 Å². The van der Waals surface area contributed by atoms with Gasteiger partial charge in [0.2, 0.25) is 0 Å². The summed E-state index contributed by atoms with van der Waals surface area (Å²) in [6.45, 7) is 7.68. The molecule has 0 spiro atoms. The Morgan fingerprint density at radius 2 is 2.14 bits per heavy atom. The summed E-state index contributed by atoms with van der Waals surface area (Å²) in [5.74, 6) is -1.33. The zero-order chi connectivity index (χ0) is 15.8. The van der Waals surface area contributed by atoms with Crippen molar-refractivity contribution in [3.8, 4) is 0 Å². The second kappa shape index (κ2) is 5.34. The number of hydrogen-bond donors (Lipinski definition) is 2. The molecule has 1 saturated heterocycles. The van der Waals surface area contributed by atoms with Crippen LogP contribution in [-0.4, -0.2) is 45.8 Å². The Morgan fingerprint density at radius 3 is 2.71 bits per heavy atom. The smallest absolute Gasteiger partial charge is 0.313 e. The number of aliphatic carboxylic acids is 1. The molecule has 2 N–H and O–H groups in total. The van der Waals surface area contributed by atoms with E-state index in [-0.39, 0.29) is 24.5 Å². The molecule has 2 rings (SSSR count). The summed E-state index contributed by atoms with van der Waals surface area (Å²) in [6.07, 6.45) is 0. The van der Waals surface area contributed by atoms with Crippen LogP contribution < -0.4 is 5.32 Å². The van der Waals surface area contributed by atoms with Crippen LogP contribution in [0.15, 0.2) is 0 Å². The van der Waals surface area contributed by atoms with E-state index in [1.165, 1.54) is 0 Å². The number of ether oxygens (including phenoxy) is 1. The highest BCUT2D eigenvalue weighted by atomic mass is 32.1. The van der Waals surface area contributed by atoms with Crippen molar-refractivity contribution in [1.29, 1.82) is 0 Å². The van der Waals surface area contributed by atoms with Crippen LogP contribution in [0.1, 0.15) is 43.1 Å². The Kier molecular flexibility index (Phi) is 4.03. The molecule has 0 saturated carbocycles. The maximum Gasteiger partial charge on any atom is 0.313 e. The van der Waals surface area contributed by atoms with Crippen molar-refractivity contribution < 1.29 is 19.4 Å². The van der Waals surface area contributed by atoms with Crippen LogP contribution in [0.4, 0.5) is 0 Å². The van der Waals surface area contributed by atoms with Crippen molar-refractivity contribution in [3.05, 3.63) is 10.6 Å². The number of amides is 1. The highest BCUT2D eigenvalue weighted by molar-refractivity contribution is 7.08. The summed E-state index contributed by atoms with van der Waals surface area (Å²) < 4.78 is 9.07. The third-order valence-corrected chi connectivity index (χ3v) is 4.38. The van der Waals surface area contributed by atoms with Gasteiger partial charge in [0, 0.05) is 5.41 Å². The summed E-state index contributed by atoms with van der Waals surface area (Å²) in [5.41, 5.74) is -0.807. The standard InChI is InChI=1S/C13H19N3O4S/c1-12(2,3)9-8(21-16-15-9)10(17)14-7-5-20-6-13(7,4)11(18)19/h7H,5-6H2,1-4H3,(H,14,17)(H,18,19). The highest BCUT2D eigenvalue weighted by Crippen LogP contribution is 2.30. The molecule has 0 radical (unpaired) electrons. The second-order valence-electron chi connectivity index (χ2n) is 6.46. The van der Waals surface area contributed by atoms with Crippen molar-refractivity contribution in [2.75, 3.05) is 13.2 Å². The summed E-state index contributed by atoms with van der Waals surface area (Å²) in [7, 11) is 0. The first-order valence-corrected chi connectivity index (χ1v) is 7.38. The molecule has 1 aliphatic rings. The first kappa shape index (κ1) is 15.8. The molecule has 116 valence electrons. The van der Waals surface area contributed by atoms with E-state index < -0.39 is 17.4 Å². The zero-order valence-corrected chi connectivity index (χ0v) is 13.3. The van der Waals surface area contributed by atoms with Gasteiger partial charge in [0.1, 0.15) is 10.3 Å². The van der Waals surface area contributed by atoms with E-state index in [1.54, 1.807) is 6.92 Å². The van der Waals surface area contributed by atoms with Crippen LogP contribution in [0.25, 0.3) is 0 Å². The second-order valence-corrected chi connectivity index (χ2v) is 7.22. The molecular weight excluding hydrogens is 294 g/mol. The number of nitrogens with one attached hydrogen (secondary N) is 1. The van der Waals surface area contributed by atoms with E-state index in [0.717, 1.165) is 11.5 Å². The molecule has 2 heterocycles. The summed E-state index contributed by atoms with van der Waals surface area (Å²) >= 11 is 1.02. The van der Waals surface area contributed by atoms with Gasteiger partial charge in [-0.15, -0.1) is 5.10 Å². The fourth-order valence-electron chi connectivity index (χ4n) is 2.14. The molecule has 0 bridgehead atoms. The van der Waals surface area contributed by atoms with E-state index >= 15 is 0 Å². The van der Waals surface area contributed by atoms with Crippen molar-refractivity contribution in [2.45, 2.75) is 39.2 Å². The molecule has 8 heteroatoms. The van der Waals surface area contributed by atoms with Crippen molar-refractivity contribution >= 4 is 23.4 Å². The summed E-state index contributed by atoms with van der Waals surface area (Å²) in [6, 6.07) is -0.572. The van der Waals surface area contributed by atoms with E-state index in [1.807, 2.05) is 20.8 Å². The quantitative estimate of drug-likeness (QED) is 0.865. The lowest BCUT2D eigenvalue weighted by Crippen LogP contribution is -2.49. The van der Waals surface area contributed by atoms with E-state index in [0.29, 0.717) is 10.6 Å². The van der Waals surface area contributed by atoms with Crippen LogP contribution in [0.2, 0.25) is 0 Å². The molecule has 1 aromatic rings. The Bertz CT molecular complexity index is 566. The largest absolute Gasteiger partial charge is 0.481 e. The number of nitrogens with zero attached hydrogens (tertiary/aromatic N) is 2.